The lowest BCUT2D eigenvalue weighted by Gasteiger charge is -2.14. The number of aryl methyl sites for hydroxylation is 1. The number of nitrogens with zero attached hydrogens (tertiary/aromatic N) is 2. The van der Waals surface area contributed by atoms with Gasteiger partial charge in [0.15, 0.2) is 5.75 Å². The van der Waals surface area contributed by atoms with E-state index in [1.165, 1.54) is 19.3 Å². The number of aromatic hydroxyl groups is 1. The number of hydrogen-bond acceptors (Lipinski definition) is 7. The number of phenolic OH excluding ortho intramolecular Hbond substituents is 1. The molecular formula is C19H16N2O6S. The van der Waals surface area contributed by atoms with Gasteiger partial charge in [0.1, 0.15) is 0 Å². The number of ether oxygens (including phenoxy) is 1. The van der Waals surface area contributed by atoms with E-state index in [4.69, 9.17) is 4.74 Å². The first-order valence-corrected chi connectivity index (χ1v) is 8.98. The van der Waals surface area contributed by atoms with Crippen LogP contribution in [-0.4, -0.2) is 33.2 Å². The number of carbonyl (C=O) groups excluding carboxylic acids is 2. The maximum atomic E-state index is 12.7. The number of benzene rings is 2. The average molecular weight is 400 g/mol. The molecule has 9 heteroatoms. The van der Waals surface area contributed by atoms with Gasteiger partial charge in [-0.1, -0.05) is 24.3 Å². The molecule has 2 aromatic rings. The van der Waals surface area contributed by atoms with Gasteiger partial charge < -0.3 is 9.84 Å². The number of rotatable bonds is 5. The second-order valence-corrected chi connectivity index (χ2v) is 7.04. The third-order valence-corrected chi connectivity index (χ3v) is 5.16. The number of nitro groups is 1. The smallest absolute Gasteiger partial charge is 0.315 e. The zero-order valence-corrected chi connectivity index (χ0v) is 15.9. The molecule has 28 heavy (non-hydrogen) atoms. The molecule has 2 amide bonds. The summed E-state index contributed by atoms with van der Waals surface area (Å²) in [6, 6.07) is 9.92. The fourth-order valence-electron chi connectivity index (χ4n) is 2.74. The van der Waals surface area contributed by atoms with E-state index in [1.54, 1.807) is 0 Å². The van der Waals surface area contributed by atoms with Gasteiger partial charge in [-0.15, -0.1) is 0 Å². The van der Waals surface area contributed by atoms with Gasteiger partial charge in [0.25, 0.3) is 11.1 Å². The van der Waals surface area contributed by atoms with E-state index in [0.717, 1.165) is 33.9 Å². The van der Waals surface area contributed by atoms with E-state index in [0.29, 0.717) is 0 Å². The summed E-state index contributed by atoms with van der Waals surface area (Å²) in [4.78, 5) is 36.6. The molecule has 0 bridgehead atoms. The first kappa shape index (κ1) is 19.4. The molecule has 1 heterocycles. The summed E-state index contributed by atoms with van der Waals surface area (Å²) in [6.07, 6.45) is 1.37. The third-order valence-electron chi connectivity index (χ3n) is 4.25. The molecule has 2 aromatic carbocycles. The van der Waals surface area contributed by atoms with Crippen LogP contribution in [0.5, 0.6) is 11.5 Å². The molecule has 0 spiro atoms. The van der Waals surface area contributed by atoms with Crippen LogP contribution in [0.1, 0.15) is 16.7 Å². The zero-order chi connectivity index (χ0) is 20.4. The van der Waals surface area contributed by atoms with Gasteiger partial charge >= 0.3 is 5.69 Å². The number of phenols is 1. The number of imide groups is 1. The summed E-state index contributed by atoms with van der Waals surface area (Å²) in [5.41, 5.74) is 1.53. The summed E-state index contributed by atoms with van der Waals surface area (Å²) >= 11 is 0.759. The Kier molecular flexibility index (Phi) is 5.36. The van der Waals surface area contributed by atoms with E-state index >= 15 is 0 Å². The van der Waals surface area contributed by atoms with Crippen LogP contribution in [-0.2, 0) is 11.3 Å². The largest absolute Gasteiger partial charge is 0.500 e. The SMILES string of the molecule is COc1cc(/C=C2\SC(=O)N(Cc3ccccc3C)C2=O)cc([N+](=O)[O-])c1O. The van der Waals surface area contributed by atoms with Gasteiger partial charge in [-0.05, 0) is 47.5 Å². The molecule has 1 saturated heterocycles. The van der Waals surface area contributed by atoms with Gasteiger partial charge in [-0.2, -0.15) is 0 Å². The van der Waals surface area contributed by atoms with Gasteiger partial charge in [0, 0.05) is 6.07 Å². The molecule has 1 aliphatic rings. The molecule has 0 unspecified atom stereocenters. The Hall–Kier alpha value is -3.33. The highest BCUT2D eigenvalue weighted by Crippen LogP contribution is 2.39. The molecule has 0 radical (unpaired) electrons. The maximum Gasteiger partial charge on any atom is 0.315 e. The van der Waals surface area contributed by atoms with Crippen molar-refractivity contribution in [3.63, 3.8) is 0 Å². The van der Waals surface area contributed by atoms with Crippen molar-refractivity contribution in [1.82, 2.24) is 4.90 Å². The lowest BCUT2D eigenvalue weighted by molar-refractivity contribution is -0.386. The number of thioether (sulfide) groups is 1. The Morgan fingerprint density at radius 1 is 1.29 bits per heavy atom. The van der Waals surface area contributed by atoms with Gasteiger partial charge in [-0.3, -0.25) is 24.6 Å². The van der Waals surface area contributed by atoms with E-state index in [1.807, 2.05) is 31.2 Å². The minimum absolute atomic E-state index is 0.0976. The third kappa shape index (κ3) is 3.70. The van der Waals surface area contributed by atoms with Gasteiger partial charge in [0.05, 0.1) is 23.5 Å². The second-order valence-electron chi connectivity index (χ2n) is 6.04. The highest BCUT2D eigenvalue weighted by molar-refractivity contribution is 8.18. The van der Waals surface area contributed by atoms with Crippen LogP contribution < -0.4 is 4.74 Å². The minimum Gasteiger partial charge on any atom is -0.500 e. The Bertz CT molecular complexity index is 1020. The van der Waals surface area contributed by atoms with Crippen LogP contribution in [0.15, 0.2) is 41.3 Å². The molecule has 0 aliphatic carbocycles. The average Bonchev–Trinajstić information content (AvgIpc) is 2.91. The molecule has 144 valence electrons. The molecule has 1 N–H and O–H groups in total. The topological polar surface area (TPSA) is 110 Å². The normalized spacial score (nSPS) is 15.4. The molecule has 0 aromatic heterocycles. The van der Waals surface area contributed by atoms with Crippen LogP contribution in [0, 0.1) is 17.0 Å². The lowest BCUT2D eigenvalue weighted by atomic mass is 10.1. The van der Waals surface area contributed by atoms with E-state index in [2.05, 4.69) is 0 Å². The van der Waals surface area contributed by atoms with E-state index < -0.39 is 27.5 Å². The summed E-state index contributed by atoms with van der Waals surface area (Å²) in [6.45, 7) is 2.04. The fourth-order valence-corrected chi connectivity index (χ4v) is 3.58. The second kappa shape index (κ2) is 7.73. The minimum atomic E-state index is -0.751. The maximum absolute atomic E-state index is 12.7. The lowest BCUT2D eigenvalue weighted by Crippen LogP contribution is -2.27. The Balaban J connectivity index is 1.93. The number of amides is 2. The number of nitro benzene ring substituents is 1. The number of methoxy groups -OCH3 is 1. The monoisotopic (exact) mass is 400 g/mol. The van der Waals surface area contributed by atoms with Crippen molar-refractivity contribution in [2.75, 3.05) is 7.11 Å². The van der Waals surface area contributed by atoms with E-state index in [-0.39, 0.29) is 22.8 Å². The van der Waals surface area contributed by atoms with Crippen molar-refractivity contribution >= 4 is 34.7 Å². The van der Waals surface area contributed by atoms with Crippen molar-refractivity contribution in [3.8, 4) is 11.5 Å². The van der Waals surface area contributed by atoms with Gasteiger partial charge in [-0.25, -0.2) is 0 Å². The van der Waals surface area contributed by atoms with E-state index in [9.17, 15) is 24.8 Å². The molecule has 0 saturated carbocycles. The molecule has 8 nitrogen and oxygen atoms in total. The van der Waals surface area contributed by atoms with Crippen molar-refractivity contribution in [2.45, 2.75) is 13.5 Å². The standard InChI is InChI=1S/C19H16N2O6S/c1-11-5-3-4-6-13(11)10-20-18(23)16(28-19(20)24)9-12-7-14(21(25)26)17(22)15(8-12)27-2/h3-9,22H,10H2,1-2H3/b16-9-. The van der Waals surface area contributed by atoms with Crippen LogP contribution in [0.4, 0.5) is 10.5 Å². The first-order chi connectivity index (χ1) is 13.3. The molecular weight excluding hydrogens is 384 g/mol. The molecule has 1 fully saturated rings. The summed E-state index contributed by atoms with van der Waals surface area (Å²) in [7, 11) is 1.26. The van der Waals surface area contributed by atoms with Crippen molar-refractivity contribution in [3.05, 3.63) is 68.1 Å². The zero-order valence-electron chi connectivity index (χ0n) is 15.0. The quantitative estimate of drug-likeness (QED) is 0.461. The Morgan fingerprint density at radius 2 is 2.00 bits per heavy atom. The number of hydrogen-bond donors (Lipinski definition) is 1. The Labute approximate surface area is 164 Å². The summed E-state index contributed by atoms with van der Waals surface area (Å²) in [5, 5.41) is 20.5. The summed E-state index contributed by atoms with van der Waals surface area (Å²) < 4.78 is 4.95. The predicted molar refractivity (Wildman–Crippen MR) is 104 cm³/mol. The van der Waals surface area contributed by atoms with Crippen LogP contribution in [0.25, 0.3) is 6.08 Å². The molecule has 0 atom stereocenters. The number of carbonyl (C=O) groups is 2. The highest BCUT2D eigenvalue weighted by atomic mass is 32.2. The van der Waals surface area contributed by atoms with Crippen LogP contribution in [0.3, 0.4) is 0 Å². The van der Waals surface area contributed by atoms with Crippen LogP contribution >= 0.6 is 11.8 Å². The van der Waals surface area contributed by atoms with Gasteiger partial charge in [0.2, 0.25) is 5.75 Å². The van der Waals surface area contributed by atoms with Crippen molar-refractivity contribution < 1.29 is 24.4 Å². The van der Waals surface area contributed by atoms with Crippen molar-refractivity contribution in [1.29, 1.82) is 0 Å². The molecule has 1 aliphatic heterocycles. The Morgan fingerprint density at radius 3 is 2.64 bits per heavy atom. The van der Waals surface area contributed by atoms with Crippen LogP contribution in [0.2, 0.25) is 0 Å². The molecule has 3 rings (SSSR count). The van der Waals surface area contributed by atoms with Crippen molar-refractivity contribution in [2.24, 2.45) is 0 Å². The predicted octanol–water partition coefficient (Wildman–Crippen LogP) is 3.85. The summed E-state index contributed by atoms with van der Waals surface area (Å²) in [5.74, 6) is -1.18. The highest BCUT2D eigenvalue weighted by Gasteiger charge is 2.35. The fraction of sp³-hybridized carbons (Fsp3) is 0.158. The first-order valence-electron chi connectivity index (χ1n) is 8.17.